The van der Waals surface area contributed by atoms with Crippen molar-refractivity contribution in [2.75, 3.05) is 14.2 Å². The van der Waals surface area contributed by atoms with Crippen LogP contribution in [0.1, 0.15) is 6.42 Å². The van der Waals surface area contributed by atoms with E-state index in [0.717, 1.165) is 16.6 Å². The summed E-state index contributed by atoms with van der Waals surface area (Å²) in [4.78, 5) is 0. The molecule has 0 heterocycles. The maximum atomic E-state index is 5.90. The fourth-order valence-electron chi connectivity index (χ4n) is 2.00. The van der Waals surface area contributed by atoms with E-state index in [4.69, 9.17) is 9.47 Å². The van der Waals surface area contributed by atoms with Gasteiger partial charge in [-0.25, -0.2) is 0 Å². The van der Waals surface area contributed by atoms with E-state index in [-0.39, 0.29) is 12.2 Å². The third-order valence-corrected chi connectivity index (χ3v) is 3.66. The number of nitrogens with one attached hydrogen (secondary N) is 1. The summed E-state index contributed by atoms with van der Waals surface area (Å²) in [6.45, 7) is 0. The lowest BCUT2D eigenvalue weighted by molar-refractivity contribution is -0.0872. The van der Waals surface area contributed by atoms with Crippen molar-refractivity contribution in [1.82, 2.24) is 5.32 Å². The van der Waals surface area contributed by atoms with E-state index in [1.54, 1.807) is 7.11 Å². The zero-order valence-electron chi connectivity index (χ0n) is 9.44. The van der Waals surface area contributed by atoms with Crippen molar-refractivity contribution in [1.29, 1.82) is 0 Å². The maximum Gasteiger partial charge on any atom is 0.134 e. The average Bonchev–Trinajstić information content (AvgIpc) is 2.26. The van der Waals surface area contributed by atoms with Gasteiger partial charge in [0.1, 0.15) is 18.0 Å². The van der Waals surface area contributed by atoms with Gasteiger partial charge in [-0.15, -0.1) is 0 Å². The van der Waals surface area contributed by atoms with Crippen molar-refractivity contribution in [3.63, 3.8) is 0 Å². The van der Waals surface area contributed by atoms with Gasteiger partial charge in [-0.2, -0.15) is 0 Å². The molecule has 1 saturated carbocycles. The molecule has 0 aliphatic heterocycles. The summed E-state index contributed by atoms with van der Waals surface area (Å²) >= 11 is 3.47. The van der Waals surface area contributed by atoms with Crippen LogP contribution in [0.2, 0.25) is 0 Å². The first kappa shape index (κ1) is 11.9. The maximum absolute atomic E-state index is 5.90. The normalized spacial score (nSPS) is 28.6. The van der Waals surface area contributed by atoms with Crippen LogP contribution in [-0.2, 0) is 4.74 Å². The highest BCUT2D eigenvalue weighted by Crippen LogP contribution is 2.32. The van der Waals surface area contributed by atoms with Gasteiger partial charge >= 0.3 is 0 Å². The van der Waals surface area contributed by atoms with Crippen LogP contribution in [0.25, 0.3) is 0 Å². The van der Waals surface area contributed by atoms with E-state index in [1.165, 1.54) is 0 Å². The second-order valence-corrected chi connectivity index (χ2v) is 4.77. The van der Waals surface area contributed by atoms with Crippen LogP contribution in [0.3, 0.4) is 0 Å². The minimum absolute atomic E-state index is 0.136. The van der Waals surface area contributed by atoms with Gasteiger partial charge < -0.3 is 14.8 Å². The Bertz CT molecular complexity index is 359. The highest BCUT2D eigenvalue weighted by atomic mass is 79.9. The molecule has 1 fully saturated rings. The summed E-state index contributed by atoms with van der Waals surface area (Å²) < 4.78 is 12.3. The predicted octanol–water partition coefficient (Wildman–Crippen LogP) is 2.20. The molecule has 3 nitrogen and oxygen atoms in total. The van der Waals surface area contributed by atoms with Gasteiger partial charge in [-0.1, -0.05) is 12.1 Å². The molecule has 3 unspecified atom stereocenters. The molecule has 1 aromatic rings. The van der Waals surface area contributed by atoms with Crippen LogP contribution >= 0.6 is 15.9 Å². The van der Waals surface area contributed by atoms with Gasteiger partial charge in [0, 0.05) is 19.6 Å². The molecule has 0 radical (unpaired) electrons. The fraction of sp³-hybridized carbons (Fsp3) is 0.500. The van der Waals surface area contributed by atoms with Crippen LogP contribution in [0, 0.1) is 0 Å². The van der Waals surface area contributed by atoms with Gasteiger partial charge in [-0.05, 0) is 35.1 Å². The smallest absolute Gasteiger partial charge is 0.134 e. The van der Waals surface area contributed by atoms with Crippen molar-refractivity contribution < 1.29 is 9.47 Å². The number of methoxy groups -OCH3 is 1. The monoisotopic (exact) mass is 285 g/mol. The van der Waals surface area contributed by atoms with Crippen molar-refractivity contribution in [3.8, 4) is 5.75 Å². The minimum atomic E-state index is 0.136. The Labute approximate surface area is 104 Å². The third-order valence-electron chi connectivity index (χ3n) is 3.01. The highest BCUT2D eigenvalue weighted by Gasteiger charge is 2.42. The quantitative estimate of drug-likeness (QED) is 0.920. The molecule has 4 heteroatoms. The lowest BCUT2D eigenvalue weighted by Gasteiger charge is -2.43. The molecule has 0 saturated heterocycles. The van der Waals surface area contributed by atoms with E-state index in [1.807, 2.05) is 31.3 Å². The molecule has 3 atom stereocenters. The lowest BCUT2D eigenvalue weighted by Crippen LogP contribution is -2.60. The van der Waals surface area contributed by atoms with E-state index < -0.39 is 0 Å². The Balaban J connectivity index is 1.99. The van der Waals surface area contributed by atoms with Crippen LogP contribution < -0.4 is 10.1 Å². The molecular weight excluding hydrogens is 270 g/mol. The number of halogens is 1. The van der Waals surface area contributed by atoms with Gasteiger partial charge in [0.05, 0.1) is 4.47 Å². The molecule has 0 amide bonds. The first-order chi connectivity index (χ1) is 7.76. The number of ether oxygens (including phenoxy) is 2. The molecular formula is C12H16BrNO2. The summed E-state index contributed by atoms with van der Waals surface area (Å²) in [5.74, 6) is 0.879. The topological polar surface area (TPSA) is 30.5 Å². The number of hydrogen-bond donors (Lipinski definition) is 1. The third kappa shape index (κ3) is 2.24. The molecule has 1 aromatic carbocycles. The molecule has 2 rings (SSSR count). The minimum Gasteiger partial charge on any atom is -0.486 e. The highest BCUT2D eigenvalue weighted by molar-refractivity contribution is 9.10. The van der Waals surface area contributed by atoms with Crippen molar-refractivity contribution in [2.24, 2.45) is 0 Å². The van der Waals surface area contributed by atoms with Crippen LogP contribution in [-0.4, -0.2) is 32.4 Å². The second-order valence-electron chi connectivity index (χ2n) is 3.92. The van der Waals surface area contributed by atoms with Gasteiger partial charge in [0.25, 0.3) is 0 Å². The van der Waals surface area contributed by atoms with Gasteiger partial charge in [0.2, 0.25) is 0 Å². The Morgan fingerprint density at radius 3 is 2.75 bits per heavy atom. The zero-order valence-corrected chi connectivity index (χ0v) is 11.0. The van der Waals surface area contributed by atoms with Crippen molar-refractivity contribution in [3.05, 3.63) is 28.7 Å². The summed E-state index contributed by atoms with van der Waals surface area (Å²) in [7, 11) is 3.68. The zero-order chi connectivity index (χ0) is 11.5. The Hall–Kier alpha value is -0.580. The van der Waals surface area contributed by atoms with Crippen molar-refractivity contribution in [2.45, 2.75) is 24.7 Å². The number of benzene rings is 1. The standard InChI is InChI=1S/C12H16BrNO2/c1-14-9-7-11(12(9)15-2)16-10-6-4-3-5-8(10)13/h3-6,9,11-12,14H,7H2,1-2H3. The van der Waals surface area contributed by atoms with E-state index in [9.17, 15) is 0 Å². The Morgan fingerprint density at radius 1 is 1.38 bits per heavy atom. The molecule has 0 bridgehead atoms. The Kier molecular flexibility index (Phi) is 3.84. The largest absolute Gasteiger partial charge is 0.486 e. The summed E-state index contributed by atoms with van der Waals surface area (Å²) in [5, 5.41) is 3.22. The first-order valence-corrected chi connectivity index (χ1v) is 6.16. The van der Waals surface area contributed by atoms with E-state index in [2.05, 4.69) is 21.2 Å². The molecule has 0 spiro atoms. The lowest BCUT2D eigenvalue weighted by atomic mass is 9.85. The number of likely N-dealkylation sites (N-methyl/N-ethyl adjacent to an activating group) is 1. The summed E-state index contributed by atoms with van der Waals surface area (Å²) in [6, 6.07) is 8.28. The fourth-order valence-corrected chi connectivity index (χ4v) is 2.38. The SMILES string of the molecule is CNC1CC(Oc2ccccc2Br)C1OC. The van der Waals surface area contributed by atoms with Crippen LogP contribution in [0.15, 0.2) is 28.7 Å². The molecule has 1 aliphatic carbocycles. The van der Waals surface area contributed by atoms with Gasteiger partial charge in [0.15, 0.2) is 0 Å². The second kappa shape index (κ2) is 5.17. The van der Waals surface area contributed by atoms with Gasteiger partial charge in [-0.3, -0.25) is 0 Å². The first-order valence-electron chi connectivity index (χ1n) is 5.37. The van der Waals surface area contributed by atoms with Crippen LogP contribution in [0.5, 0.6) is 5.75 Å². The summed E-state index contributed by atoms with van der Waals surface area (Å²) in [6.07, 6.45) is 1.26. The van der Waals surface area contributed by atoms with E-state index >= 15 is 0 Å². The molecule has 1 aliphatic rings. The Morgan fingerprint density at radius 2 is 2.12 bits per heavy atom. The number of rotatable bonds is 4. The molecule has 88 valence electrons. The number of hydrogen-bond acceptors (Lipinski definition) is 3. The predicted molar refractivity (Wildman–Crippen MR) is 66.8 cm³/mol. The molecule has 1 N–H and O–H groups in total. The van der Waals surface area contributed by atoms with Crippen molar-refractivity contribution >= 4 is 15.9 Å². The average molecular weight is 286 g/mol. The number of para-hydroxylation sites is 1. The van der Waals surface area contributed by atoms with E-state index in [0.29, 0.717) is 6.04 Å². The summed E-state index contributed by atoms with van der Waals surface area (Å²) in [5.41, 5.74) is 0. The molecule has 0 aromatic heterocycles. The van der Waals surface area contributed by atoms with Crippen LogP contribution in [0.4, 0.5) is 0 Å². The molecule has 16 heavy (non-hydrogen) atoms.